The van der Waals surface area contributed by atoms with Crippen molar-refractivity contribution in [3.05, 3.63) is 0 Å². The number of aliphatic carboxylic acids is 1. The summed E-state index contributed by atoms with van der Waals surface area (Å²) in [5.74, 6) is -4.07. The molecule has 6 heteroatoms. The molecule has 0 aromatic carbocycles. The zero-order chi connectivity index (χ0) is 13.9. The SMILES string of the molecule is CC(=O)N(C)C(CC1CCC(F)(F)CC1)C(=O)O. The molecular weight excluding hydrogens is 244 g/mol. The van der Waals surface area contributed by atoms with E-state index in [0.29, 0.717) is 12.8 Å². The van der Waals surface area contributed by atoms with Gasteiger partial charge in [-0.2, -0.15) is 0 Å². The van der Waals surface area contributed by atoms with E-state index in [0.717, 1.165) is 4.90 Å². The molecule has 0 aliphatic heterocycles. The zero-order valence-corrected chi connectivity index (χ0v) is 10.7. The van der Waals surface area contributed by atoms with E-state index in [-0.39, 0.29) is 31.1 Å². The van der Waals surface area contributed by atoms with Crippen LogP contribution in [0.2, 0.25) is 0 Å². The summed E-state index contributed by atoms with van der Waals surface area (Å²) in [6.07, 6.45) is 0.522. The monoisotopic (exact) mass is 263 g/mol. The number of carbonyl (C=O) groups excluding carboxylic acids is 1. The highest BCUT2D eigenvalue weighted by Gasteiger charge is 2.37. The van der Waals surface area contributed by atoms with Crippen molar-refractivity contribution >= 4 is 11.9 Å². The van der Waals surface area contributed by atoms with E-state index in [2.05, 4.69) is 0 Å². The Balaban J connectivity index is 2.58. The Morgan fingerprint density at radius 2 is 1.89 bits per heavy atom. The van der Waals surface area contributed by atoms with Gasteiger partial charge in [0.15, 0.2) is 0 Å². The molecule has 4 nitrogen and oxygen atoms in total. The summed E-state index contributed by atoms with van der Waals surface area (Å²) >= 11 is 0. The third kappa shape index (κ3) is 3.92. The van der Waals surface area contributed by atoms with E-state index in [1.54, 1.807) is 0 Å². The number of carboxylic acid groups (broad SMARTS) is 1. The Morgan fingerprint density at radius 3 is 2.28 bits per heavy atom. The molecule has 1 N–H and O–H groups in total. The molecule has 1 atom stereocenters. The van der Waals surface area contributed by atoms with Crippen LogP contribution in [0.3, 0.4) is 0 Å². The lowest BCUT2D eigenvalue weighted by atomic mass is 9.82. The fourth-order valence-electron chi connectivity index (χ4n) is 2.30. The number of halogens is 2. The van der Waals surface area contributed by atoms with Crippen molar-refractivity contribution in [3.63, 3.8) is 0 Å². The first-order valence-electron chi connectivity index (χ1n) is 6.07. The topological polar surface area (TPSA) is 57.6 Å². The third-order valence-electron chi connectivity index (χ3n) is 3.64. The summed E-state index contributed by atoms with van der Waals surface area (Å²) in [4.78, 5) is 23.4. The molecule has 104 valence electrons. The van der Waals surface area contributed by atoms with Gasteiger partial charge in [0.25, 0.3) is 0 Å². The highest BCUT2D eigenvalue weighted by molar-refractivity contribution is 5.81. The molecule has 0 radical (unpaired) electrons. The van der Waals surface area contributed by atoms with Gasteiger partial charge in [-0.25, -0.2) is 13.6 Å². The maximum atomic E-state index is 13.0. The molecule has 1 saturated carbocycles. The van der Waals surface area contributed by atoms with Gasteiger partial charge in [-0.1, -0.05) is 0 Å². The van der Waals surface area contributed by atoms with Crippen molar-refractivity contribution in [2.75, 3.05) is 7.05 Å². The normalized spacial score (nSPS) is 21.3. The fraction of sp³-hybridized carbons (Fsp3) is 0.833. The summed E-state index contributed by atoms with van der Waals surface area (Å²) in [5.41, 5.74) is 0. The van der Waals surface area contributed by atoms with Gasteiger partial charge in [-0.05, 0) is 25.2 Å². The van der Waals surface area contributed by atoms with Gasteiger partial charge in [-0.3, -0.25) is 4.79 Å². The standard InChI is InChI=1S/C12H19F2NO3/c1-8(16)15(2)10(11(17)18)7-9-3-5-12(13,14)6-4-9/h9-10H,3-7H2,1-2H3,(H,17,18). The van der Waals surface area contributed by atoms with E-state index in [4.69, 9.17) is 5.11 Å². The van der Waals surface area contributed by atoms with E-state index < -0.39 is 17.9 Å². The van der Waals surface area contributed by atoms with E-state index in [9.17, 15) is 18.4 Å². The molecule has 0 aromatic rings. The van der Waals surface area contributed by atoms with Crippen LogP contribution in [-0.2, 0) is 9.59 Å². The van der Waals surface area contributed by atoms with Crippen LogP contribution in [0.4, 0.5) is 8.78 Å². The fourth-order valence-corrected chi connectivity index (χ4v) is 2.30. The van der Waals surface area contributed by atoms with Crippen LogP contribution in [-0.4, -0.2) is 40.9 Å². The van der Waals surface area contributed by atoms with Gasteiger partial charge in [-0.15, -0.1) is 0 Å². The number of nitrogens with zero attached hydrogens (tertiary/aromatic N) is 1. The minimum Gasteiger partial charge on any atom is -0.480 e. The summed E-state index contributed by atoms with van der Waals surface area (Å²) in [6, 6.07) is -0.917. The van der Waals surface area contributed by atoms with E-state index in [1.807, 2.05) is 0 Å². The largest absolute Gasteiger partial charge is 0.480 e. The van der Waals surface area contributed by atoms with Crippen molar-refractivity contribution in [2.24, 2.45) is 5.92 Å². The Kier molecular flexibility index (Phi) is 4.65. The second-order valence-electron chi connectivity index (χ2n) is 5.02. The van der Waals surface area contributed by atoms with Crippen LogP contribution >= 0.6 is 0 Å². The van der Waals surface area contributed by atoms with Gasteiger partial charge in [0.1, 0.15) is 6.04 Å². The average molecular weight is 263 g/mol. The van der Waals surface area contributed by atoms with Gasteiger partial charge < -0.3 is 10.0 Å². The molecule has 0 bridgehead atoms. The second-order valence-corrected chi connectivity index (χ2v) is 5.02. The quantitative estimate of drug-likeness (QED) is 0.845. The first-order chi connectivity index (χ1) is 8.23. The summed E-state index contributed by atoms with van der Waals surface area (Å²) in [7, 11) is 1.43. The number of hydrogen-bond donors (Lipinski definition) is 1. The predicted octanol–water partition coefficient (Wildman–Crippen LogP) is 2.13. The molecule has 1 aliphatic rings. The lowest BCUT2D eigenvalue weighted by molar-refractivity contribution is -0.149. The van der Waals surface area contributed by atoms with Crippen molar-refractivity contribution in [1.82, 2.24) is 4.90 Å². The lowest BCUT2D eigenvalue weighted by Crippen LogP contribution is -2.43. The third-order valence-corrected chi connectivity index (χ3v) is 3.64. The molecule has 0 heterocycles. The van der Waals surface area contributed by atoms with E-state index in [1.165, 1.54) is 14.0 Å². The summed E-state index contributed by atoms with van der Waals surface area (Å²) < 4.78 is 26.0. The molecule has 1 amide bonds. The minimum absolute atomic E-state index is 0.0486. The van der Waals surface area contributed by atoms with Crippen molar-refractivity contribution in [2.45, 2.75) is 51.0 Å². The maximum absolute atomic E-state index is 13.0. The highest BCUT2D eigenvalue weighted by atomic mass is 19.3. The average Bonchev–Trinajstić information content (AvgIpc) is 2.26. The van der Waals surface area contributed by atoms with Crippen LogP contribution in [0, 0.1) is 5.92 Å². The van der Waals surface area contributed by atoms with Gasteiger partial charge in [0, 0.05) is 26.8 Å². The first-order valence-corrected chi connectivity index (χ1v) is 6.07. The number of hydrogen-bond acceptors (Lipinski definition) is 2. The smallest absolute Gasteiger partial charge is 0.326 e. The van der Waals surface area contributed by atoms with Crippen molar-refractivity contribution in [1.29, 1.82) is 0 Å². The van der Waals surface area contributed by atoms with Gasteiger partial charge in [0.2, 0.25) is 11.8 Å². The molecule has 0 aromatic heterocycles. The van der Waals surface area contributed by atoms with Crippen LogP contribution in [0.1, 0.15) is 39.0 Å². The molecule has 18 heavy (non-hydrogen) atoms. The molecular formula is C12H19F2NO3. The Morgan fingerprint density at radius 1 is 1.39 bits per heavy atom. The Hall–Kier alpha value is -1.20. The summed E-state index contributed by atoms with van der Waals surface area (Å²) in [5, 5.41) is 9.08. The van der Waals surface area contributed by atoms with Crippen molar-refractivity contribution in [3.8, 4) is 0 Å². The van der Waals surface area contributed by atoms with Gasteiger partial charge >= 0.3 is 5.97 Å². The first kappa shape index (κ1) is 14.9. The molecule has 1 unspecified atom stereocenters. The Bertz CT molecular complexity index is 323. The van der Waals surface area contributed by atoms with E-state index >= 15 is 0 Å². The van der Waals surface area contributed by atoms with Crippen LogP contribution < -0.4 is 0 Å². The number of alkyl halides is 2. The van der Waals surface area contributed by atoms with Crippen LogP contribution in [0.15, 0.2) is 0 Å². The number of carboxylic acids is 1. The lowest BCUT2D eigenvalue weighted by Gasteiger charge is -2.32. The number of likely N-dealkylation sites (N-methyl/N-ethyl adjacent to an activating group) is 1. The second kappa shape index (κ2) is 5.63. The number of carbonyl (C=O) groups is 2. The number of rotatable bonds is 4. The van der Waals surface area contributed by atoms with Crippen LogP contribution in [0.5, 0.6) is 0 Å². The molecule has 1 rings (SSSR count). The molecule has 0 saturated heterocycles. The Labute approximate surface area is 105 Å². The zero-order valence-electron chi connectivity index (χ0n) is 10.7. The predicted molar refractivity (Wildman–Crippen MR) is 61.4 cm³/mol. The van der Waals surface area contributed by atoms with Crippen molar-refractivity contribution < 1.29 is 23.5 Å². The number of amides is 1. The van der Waals surface area contributed by atoms with Crippen LogP contribution in [0.25, 0.3) is 0 Å². The molecule has 1 fully saturated rings. The summed E-state index contributed by atoms with van der Waals surface area (Å²) in [6.45, 7) is 1.30. The van der Waals surface area contributed by atoms with Gasteiger partial charge in [0.05, 0.1) is 0 Å². The minimum atomic E-state index is -2.61. The highest BCUT2D eigenvalue weighted by Crippen LogP contribution is 2.38. The molecule has 0 spiro atoms. The molecule has 1 aliphatic carbocycles. The maximum Gasteiger partial charge on any atom is 0.326 e.